The number of hydrogen-bond acceptors (Lipinski definition) is 4. The molecule has 1 amide bonds. The van der Waals surface area contributed by atoms with Gasteiger partial charge in [-0.1, -0.05) is 30.3 Å². The molecule has 0 radical (unpaired) electrons. The SMILES string of the molecule is CC(C)(CCCn1ccc(=O)[nH]c1=O)NC(=O)OCc1ccccc1. The topological polar surface area (TPSA) is 93.2 Å². The van der Waals surface area contributed by atoms with Crippen LogP contribution in [0.3, 0.4) is 0 Å². The van der Waals surface area contributed by atoms with Gasteiger partial charge in [-0.15, -0.1) is 0 Å². The van der Waals surface area contributed by atoms with Crippen LogP contribution >= 0.6 is 0 Å². The summed E-state index contributed by atoms with van der Waals surface area (Å²) in [6.45, 7) is 4.47. The zero-order chi connectivity index (χ0) is 18.3. The number of ether oxygens (including phenoxy) is 1. The number of nitrogens with zero attached hydrogens (tertiary/aromatic N) is 1. The zero-order valence-corrected chi connectivity index (χ0v) is 14.5. The second kappa shape index (κ2) is 8.32. The highest BCUT2D eigenvalue weighted by molar-refractivity contribution is 5.68. The van der Waals surface area contributed by atoms with Gasteiger partial charge >= 0.3 is 11.8 Å². The normalized spacial score (nSPS) is 11.1. The molecule has 1 heterocycles. The number of rotatable bonds is 7. The third-order valence-corrected chi connectivity index (χ3v) is 3.75. The number of aromatic nitrogens is 2. The molecule has 0 unspecified atom stereocenters. The van der Waals surface area contributed by atoms with Crippen molar-refractivity contribution in [2.45, 2.75) is 45.4 Å². The minimum absolute atomic E-state index is 0.218. The zero-order valence-electron chi connectivity index (χ0n) is 14.5. The molecule has 0 aliphatic heterocycles. The first-order chi connectivity index (χ1) is 11.9. The lowest BCUT2D eigenvalue weighted by molar-refractivity contribution is 0.128. The number of aromatic amines is 1. The summed E-state index contributed by atoms with van der Waals surface area (Å²) in [7, 11) is 0. The molecule has 0 saturated heterocycles. The van der Waals surface area contributed by atoms with Gasteiger partial charge in [-0.05, 0) is 32.3 Å². The Labute approximate surface area is 145 Å². The van der Waals surface area contributed by atoms with Crippen molar-refractivity contribution in [3.63, 3.8) is 0 Å². The molecular formula is C18H23N3O4. The predicted molar refractivity (Wildman–Crippen MR) is 94.4 cm³/mol. The first kappa shape index (κ1) is 18.5. The quantitative estimate of drug-likeness (QED) is 0.803. The number of benzene rings is 1. The van der Waals surface area contributed by atoms with Crippen molar-refractivity contribution in [2.24, 2.45) is 0 Å². The van der Waals surface area contributed by atoms with Crippen molar-refractivity contribution in [1.29, 1.82) is 0 Å². The molecule has 0 spiro atoms. The lowest BCUT2D eigenvalue weighted by atomic mass is 9.99. The molecule has 0 saturated carbocycles. The van der Waals surface area contributed by atoms with Crippen molar-refractivity contribution < 1.29 is 9.53 Å². The number of carbonyl (C=O) groups excluding carboxylic acids is 1. The Bertz CT molecular complexity index is 809. The Morgan fingerprint density at radius 1 is 1.20 bits per heavy atom. The van der Waals surface area contributed by atoms with Crippen molar-refractivity contribution in [3.05, 3.63) is 69.0 Å². The lowest BCUT2D eigenvalue weighted by Gasteiger charge is -2.26. The van der Waals surface area contributed by atoms with Gasteiger partial charge < -0.3 is 14.6 Å². The molecular weight excluding hydrogens is 322 g/mol. The van der Waals surface area contributed by atoms with E-state index < -0.39 is 22.9 Å². The average molecular weight is 345 g/mol. The van der Waals surface area contributed by atoms with E-state index in [2.05, 4.69) is 10.3 Å². The van der Waals surface area contributed by atoms with Crippen LogP contribution in [0, 0.1) is 0 Å². The molecule has 134 valence electrons. The summed E-state index contributed by atoms with van der Waals surface area (Å²) in [5, 5.41) is 2.83. The van der Waals surface area contributed by atoms with Crippen LogP contribution in [0.4, 0.5) is 4.79 Å². The standard InChI is InChI=1S/C18H23N3O4/c1-18(2,10-6-11-21-12-9-15(22)19-16(21)23)20-17(24)25-13-14-7-4-3-5-8-14/h3-5,7-9,12H,6,10-11,13H2,1-2H3,(H,20,24)(H,19,22,23). The van der Waals surface area contributed by atoms with Gasteiger partial charge in [0, 0.05) is 24.3 Å². The molecule has 2 aromatic rings. The third kappa shape index (κ3) is 6.29. The molecule has 0 bridgehead atoms. The fraction of sp³-hybridized carbons (Fsp3) is 0.389. The van der Waals surface area contributed by atoms with E-state index in [4.69, 9.17) is 4.74 Å². The van der Waals surface area contributed by atoms with Gasteiger partial charge in [-0.25, -0.2) is 9.59 Å². The Kier molecular flexibility index (Phi) is 6.16. The summed E-state index contributed by atoms with van der Waals surface area (Å²) >= 11 is 0. The first-order valence-electron chi connectivity index (χ1n) is 8.14. The molecule has 1 aromatic heterocycles. The van der Waals surface area contributed by atoms with Gasteiger partial charge in [-0.2, -0.15) is 0 Å². The smallest absolute Gasteiger partial charge is 0.407 e. The highest BCUT2D eigenvalue weighted by Gasteiger charge is 2.21. The van der Waals surface area contributed by atoms with E-state index in [0.29, 0.717) is 19.4 Å². The third-order valence-electron chi connectivity index (χ3n) is 3.75. The molecule has 25 heavy (non-hydrogen) atoms. The monoisotopic (exact) mass is 345 g/mol. The Balaban J connectivity index is 1.77. The van der Waals surface area contributed by atoms with Crippen molar-refractivity contribution in [3.8, 4) is 0 Å². The number of alkyl carbamates (subject to hydrolysis) is 1. The molecule has 2 rings (SSSR count). The number of nitrogens with one attached hydrogen (secondary N) is 2. The van der Waals surface area contributed by atoms with E-state index in [-0.39, 0.29) is 6.61 Å². The largest absolute Gasteiger partial charge is 0.445 e. The van der Waals surface area contributed by atoms with Crippen LogP contribution in [0.25, 0.3) is 0 Å². The number of hydrogen-bond donors (Lipinski definition) is 2. The van der Waals surface area contributed by atoms with Crippen LogP contribution < -0.4 is 16.6 Å². The van der Waals surface area contributed by atoms with E-state index in [0.717, 1.165) is 5.56 Å². The summed E-state index contributed by atoms with van der Waals surface area (Å²) < 4.78 is 6.65. The molecule has 2 N–H and O–H groups in total. The summed E-state index contributed by atoms with van der Waals surface area (Å²) in [5.41, 5.74) is -0.391. The van der Waals surface area contributed by atoms with E-state index in [1.807, 2.05) is 44.2 Å². The van der Waals surface area contributed by atoms with Crippen LogP contribution in [-0.2, 0) is 17.9 Å². The summed E-state index contributed by atoms with van der Waals surface area (Å²) in [5.74, 6) is 0. The highest BCUT2D eigenvalue weighted by atomic mass is 16.5. The van der Waals surface area contributed by atoms with Crippen LogP contribution in [0.15, 0.2) is 52.2 Å². The summed E-state index contributed by atoms with van der Waals surface area (Å²) in [6, 6.07) is 10.8. The minimum atomic E-state index is -0.477. The maximum absolute atomic E-state index is 11.9. The predicted octanol–water partition coefficient (Wildman–Crippen LogP) is 2.02. The molecule has 0 aliphatic carbocycles. The fourth-order valence-electron chi connectivity index (χ4n) is 2.41. The van der Waals surface area contributed by atoms with Crippen LogP contribution in [0.1, 0.15) is 32.3 Å². The van der Waals surface area contributed by atoms with E-state index in [1.54, 1.807) is 0 Å². The molecule has 7 nitrogen and oxygen atoms in total. The first-order valence-corrected chi connectivity index (χ1v) is 8.14. The average Bonchev–Trinajstić information content (AvgIpc) is 2.55. The Morgan fingerprint density at radius 3 is 2.60 bits per heavy atom. The van der Waals surface area contributed by atoms with Crippen molar-refractivity contribution >= 4 is 6.09 Å². The second-order valence-corrected chi connectivity index (χ2v) is 6.48. The molecule has 1 aromatic carbocycles. The maximum Gasteiger partial charge on any atom is 0.407 e. The Hall–Kier alpha value is -2.83. The summed E-state index contributed by atoms with van der Waals surface area (Å²) in [6.07, 6.45) is 2.31. The van der Waals surface area contributed by atoms with Gasteiger partial charge in [0.15, 0.2) is 0 Å². The number of amides is 1. The van der Waals surface area contributed by atoms with Gasteiger partial charge in [0.2, 0.25) is 0 Å². The van der Waals surface area contributed by atoms with Crippen LogP contribution in [-0.4, -0.2) is 21.2 Å². The molecule has 0 fully saturated rings. The second-order valence-electron chi connectivity index (χ2n) is 6.48. The minimum Gasteiger partial charge on any atom is -0.445 e. The van der Waals surface area contributed by atoms with E-state index >= 15 is 0 Å². The number of aryl methyl sites for hydroxylation is 1. The van der Waals surface area contributed by atoms with Crippen molar-refractivity contribution in [1.82, 2.24) is 14.9 Å². The Morgan fingerprint density at radius 2 is 1.92 bits per heavy atom. The van der Waals surface area contributed by atoms with Gasteiger partial charge in [0.1, 0.15) is 6.61 Å². The molecule has 7 heteroatoms. The van der Waals surface area contributed by atoms with Crippen LogP contribution in [0.5, 0.6) is 0 Å². The van der Waals surface area contributed by atoms with Gasteiger partial charge in [0.05, 0.1) is 0 Å². The lowest BCUT2D eigenvalue weighted by Crippen LogP contribution is -2.43. The van der Waals surface area contributed by atoms with Gasteiger partial charge in [-0.3, -0.25) is 9.78 Å². The van der Waals surface area contributed by atoms with E-state index in [9.17, 15) is 14.4 Å². The maximum atomic E-state index is 11.9. The fourth-order valence-corrected chi connectivity index (χ4v) is 2.41. The summed E-state index contributed by atoms with van der Waals surface area (Å²) in [4.78, 5) is 36.8. The van der Waals surface area contributed by atoms with Crippen LogP contribution in [0.2, 0.25) is 0 Å². The van der Waals surface area contributed by atoms with Gasteiger partial charge in [0.25, 0.3) is 5.56 Å². The van der Waals surface area contributed by atoms with Crippen molar-refractivity contribution in [2.75, 3.05) is 0 Å². The highest BCUT2D eigenvalue weighted by Crippen LogP contribution is 2.12. The van der Waals surface area contributed by atoms with E-state index in [1.165, 1.54) is 16.8 Å². The molecule has 0 aliphatic rings. The number of carbonyl (C=O) groups is 1. The molecule has 0 atom stereocenters. The number of H-pyrrole nitrogens is 1.